The van der Waals surface area contributed by atoms with E-state index in [1.165, 1.54) is 6.26 Å². The number of carbonyl (C=O) groups excluding carboxylic acids is 1. The SMILES string of the molecule is CCOc1ccc2[nH]c(=O)c(C(c3nnnn3C(C)(C)CC)N3CCN(C(=O)c4ccco4)CC3)cc2c1. The molecule has 200 valence electrons. The van der Waals surface area contributed by atoms with Crippen molar-refractivity contribution in [2.45, 2.75) is 45.7 Å². The number of nitrogens with zero attached hydrogens (tertiary/aromatic N) is 6. The van der Waals surface area contributed by atoms with Crippen LogP contribution in [0.3, 0.4) is 0 Å². The van der Waals surface area contributed by atoms with Crippen molar-refractivity contribution in [2.24, 2.45) is 0 Å². The molecule has 0 saturated carbocycles. The average Bonchev–Trinajstić information content (AvgIpc) is 3.63. The smallest absolute Gasteiger partial charge is 0.289 e. The molecule has 5 rings (SSSR count). The largest absolute Gasteiger partial charge is 0.494 e. The van der Waals surface area contributed by atoms with Gasteiger partial charge in [0.25, 0.3) is 11.5 Å². The summed E-state index contributed by atoms with van der Waals surface area (Å²) in [5.74, 6) is 1.50. The Morgan fingerprint density at radius 3 is 2.63 bits per heavy atom. The van der Waals surface area contributed by atoms with E-state index in [9.17, 15) is 9.59 Å². The van der Waals surface area contributed by atoms with Crippen LogP contribution in [-0.4, -0.2) is 73.7 Å². The van der Waals surface area contributed by atoms with Crippen LogP contribution < -0.4 is 10.3 Å². The molecule has 11 nitrogen and oxygen atoms in total. The van der Waals surface area contributed by atoms with Crippen LogP contribution >= 0.6 is 0 Å². The first-order valence-electron chi connectivity index (χ1n) is 13.0. The standard InChI is InChI=1S/C27H33N7O4/c1-5-27(3,4)34-24(29-30-31-34)23(32-11-13-33(14-12-32)26(36)22-8-7-15-38-22)20-17-18-16-19(37-6-2)9-10-21(18)28-25(20)35/h7-10,15-17,23H,5-6,11-14H2,1-4H3,(H,28,35). The molecule has 0 spiro atoms. The Balaban J connectivity index is 1.55. The molecule has 0 aliphatic carbocycles. The maximum Gasteiger partial charge on any atom is 0.289 e. The Hall–Kier alpha value is -3.99. The normalized spacial score (nSPS) is 15.6. The van der Waals surface area contributed by atoms with Gasteiger partial charge in [0, 0.05) is 42.6 Å². The van der Waals surface area contributed by atoms with Crippen molar-refractivity contribution < 1.29 is 13.9 Å². The molecule has 1 fully saturated rings. The van der Waals surface area contributed by atoms with Crippen molar-refractivity contribution in [3.8, 4) is 5.75 Å². The molecule has 0 bridgehead atoms. The predicted octanol–water partition coefficient (Wildman–Crippen LogP) is 3.20. The lowest BCUT2D eigenvalue weighted by molar-refractivity contribution is 0.0554. The Bertz CT molecular complexity index is 1470. The molecule has 1 N–H and O–H groups in total. The zero-order valence-corrected chi connectivity index (χ0v) is 22.2. The van der Waals surface area contributed by atoms with Crippen LogP contribution in [0, 0.1) is 0 Å². The van der Waals surface area contributed by atoms with Gasteiger partial charge >= 0.3 is 0 Å². The summed E-state index contributed by atoms with van der Waals surface area (Å²) in [4.78, 5) is 33.3. The molecule has 38 heavy (non-hydrogen) atoms. The topological polar surface area (TPSA) is 122 Å². The van der Waals surface area contributed by atoms with Crippen molar-refractivity contribution in [3.05, 3.63) is 70.2 Å². The number of carbonyl (C=O) groups is 1. The lowest BCUT2D eigenvalue weighted by Crippen LogP contribution is -2.51. The van der Waals surface area contributed by atoms with Crippen molar-refractivity contribution in [3.63, 3.8) is 0 Å². The number of aromatic amines is 1. The number of furan rings is 1. The zero-order valence-electron chi connectivity index (χ0n) is 22.2. The van der Waals surface area contributed by atoms with E-state index in [0.717, 1.165) is 23.1 Å². The molecule has 4 aromatic rings. The van der Waals surface area contributed by atoms with Crippen molar-refractivity contribution in [1.82, 2.24) is 35.0 Å². The summed E-state index contributed by atoms with van der Waals surface area (Å²) in [6, 6.07) is 10.4. The third kappa shape index (κ3) is 4.81. The van der Waals surface area contributed by atoms with Gasteiger partial charge in [-0.1, -0.05) is 6.92 Å². The first kappa shape index (κ1) is 25.7. The molecule has 1 aliphatic rings. The summed E-state index contributed by atoms with van der Waals surface area (Å²) in [5.41, 5.74) is 0.702. The highest BCUT2D eigenvalue weighted by molar-refractivity contribution is 5.91. The van der Waals surface area contributed by atoms with E-state index in [0.29, 0.717) is 49.9 Å². The van der Waals surface area contributed by atoms with Gasteiger partial charge in [0.15, 0.2) is 11.6 Å². The fourth-order valence-electron chi connectivity index (χ4n) is 4.85. The number of pyridine rings is 1. The lowest BCUT2D eigenvalue weighted by atomic mass is 9.99. The summed E-state index contributed by atoms with van der Waals surface area (Å²) in [6.45, 7) is 10.7. The molecule has 1 atom stereocenters. The summed E-state index contributed by atoms with van der Waals surface area (Å²) in [5, 5.41) is 13.6. The van der Waals surface area contributed by atoms with Gasteiger partial charge in [-0.25, -0.2) is 4.68 Å². The van der Waals surface area contributed by atoms with Gasteiger partial charge in [0.2, 0.25) is 0 Å². The van der Waals surface area contributed by atoms with Crippen molar-refractivity contribution in [1.29, 1.82) is 0 Å². The van der Waals surface area contributed by atoms with E-state index in [1.807, 2.05) is 35.9 Å². The van der Waals surface area contributed by atoms with Gasteiger partial charge in [0.05, 0.1) is 18.4 Å². The molecule has 1 saturated heterocycles. The number of benzene rings is 1. The second-order valence-corrected chi connectivity index (χ2v) is 10.1. The molecule has 4 heterocycles. The first-order chi connectivity index (χ1) is 18.3. The van der Waals surface area contributed by atoms with E-state index in [1.54, 1.807) is 17.0 Å². The Labute approximate surface area is 220 Å². The van der Waals surface area contributed by atoms with Gasteiger partial charge in [0.1, 0.15) is 11.8 Å². The highest BCUT2D eigenvalue weighted by Gasteiger charge is 2.36. The molecule has 1 aromatic carbocycles. The Morgan fingerprint density at radius 1 is 1.16 bits per heavy atom. The third-order valence-corrected chi connectivity index (χ3v) is 7.33. The van der Waals surface area contributed by atoms with E-state index < -0.39 is 6.04 Å². The fourth-order valence-corrected chi connectivity index (χ4v) is 4.85. The third-order valence-electron chi connectivity index (χ3n) is 7.33. The minimum absolute atomic E-state index is 0.143. The molecular formula is C27H33N7O4. The molecule has 1 unspecified atom stereocenters. The number of ether oxygens (including phenoxy) is 1. The Morgan fingerprint density at radius 2 is 1.95 bits per heavy atom. The molecule has 1 amide bonds. The lowest BCUT2D eigenvalue weighted by Gasteiger charge is -2.39. The fraction of sp³-hybridized carbons (Fsp3) is 0.444. The summed E-state index contributed by atoms with van der Waals surface area (Å²) >= 11 is 0. The summed E-state index contributed by atoms with van der Waals surface area (Å²) in [6.07, 6.45) is 2.30. The van der Waals surface area contributed by atoms with Crippen molar-refractivity contribution in [2.75, 3.05) is 32.8 Å². The monoisotopic (exact) mass is 519 g/mol. The molecule has 3 aromatic heterocycles. The van der Waals surface area contributed by atoms with Gasteiger partial charge in [-0.3, -0.25) is 14.5 Å². The zero-order chi connectivity index (χ0) is 26.9. The maximum atomic E-state index is 13.5. The number of nitrogens with one attached hydrogen (secondary N) is 1. The second kappa shape index (κ2) is 10.4. The van der Waals surface area contributed by atoms with E-state index in [4.69, 9.17) is 9.15 Å². The van der Waals surface area contributed by atoms with Crippen LogP contribution in [-0.2, 0) is 5.54 Å². The number of amides is 1. The van der Waals surface area contributed by atoms with Crippen molar-refractivity contribution >= 4 is 16.8 Å². The van der Waals surface area contributed by atoms with Gasteiger partial charge in [-0.05, 0) is 74.0 Å². The Kier molecular flexibility index (Phi) is 7.02. The molecule has 1 aliphatic heterocycles. The minimum atomic E-state index is -0.513. The van der Waals surface area contributed by atoms with Gasteiger partial charge < -0.3 is 19.0 Å². The summed E-state index contributed by atoms with van der Waals surface area (Å²) < 4.78 is 12.8. The van der Waals surface area contributed by atoms with Crippen LogP contribution in [0.1, 0.15) is 62.1 Å². The maximum absolute atomic E-state index is 13.5. The number of fused-ring (bicyclic) bond motifs is 1. The van der Waals surface area contributed by atoms with Gasteiger partial charge in [-0.2, -0.15) is 0 Å². The second-order valence-electron chi connectivity index (χ2n) is 10.1. The van der Waals surface area contributed by atoms with Crippen LogP contribution in [0.2, 0.25) is 0 Å². The van der Waals surface area contributed by atoms with Crippen LogP contribution in [0.4, 0.5) is 0 Å². The number of H-pyrrole nitrogens is 1. The number of tetrazole rings is 1. The number of aromatic nitrogens is 5. The first-order valence-corrected chi connectivity index (χ1v) is 13.0. The van der Waals surface area contributed by atoms with Crippen LogP contribution in [0.25, 0.3) is 10.9 Å². The molecule has 11 heteroatoms. The highest BCUT2D eigenvalue weighted by atomic mass is 16.5. The molecule has 0 radical (unpaired) electrons. The molecular weight excluding hydrogens is 486 g/mol. The van der Waals surface area contributed by atoms with E-state index in [-0.39, 0.29) is 17.0 Å². The number of piperazine rings is 1. The van der Waals surface area contributed by atoms with Gasteiger partial charge in [-0.15, -0.1) is 5.10 Å². The van der Waals surface area contributed by atoms with E-state index in [2.05, 4.69) is 46.2 Å². The predicted molar refractivity (Wildman–Crippen MR) is 141 cm³/mol. The minimum Gasteiger partial charge on any atom is -0.494 e. The highest BCUT2D eigenvalue weighted by Crippen LogP contribution is 2.32. The van der Waals surface area contributed by atoms with Crippen LogP contribution in [0.5, 0.6) is 5.75 Å². The quantitative estimate of drug-likeness (QED) is 0.377. The van der Waals surface area contributed by atoms with E-state index >= 15 is 0 Å². The number of rotatable bonds is 8. The average molecular weight is 520 g/mol. The number of hydrogen-bond donors (Lipinski definition) is 1. The summed E-state index contributed by atoms with van der Waals surface area (Å²) in [7, 11) is 0. The number of hydrogen-bond acceptors (Lipinski definition) is 8. The van der Waals surface area contributed by atoms with Crippen LogP contribution in [0.15, 0.2) is 51.9 Å².